The SMILES string of the molecule is Cc1nc2c(N3C[C@@H](C)N(C(c4ccc(F)c(F)c4)C4CC(F)(F)C4)C[C@@H]3C)nc(Cl)nc2n1CC1CCCO1. The fourth-order valence-corrected chi connectivity index (χ4v) is 6.84. The van der Waals surface area contributed by atoms with Crippen molar-refractivity contribution in [3.05, 3.63) is 46.5 Å². The molecule has 2 saturated heterocycles. The summed E-state index contributed by atoms with van der Waals surface area (Å²) in [5.74, 6) is -3.60. The molecule has 2 aliphatic heterocycles. The maximum atomic E-state index is 14.3. The lowest BCUT2D eigenvalue weighted by molar-refractivity contribution is -0.137. The van der Waals surface area contributed by atoms with Gasteiger partial charge in [0, 0.05) is 50.7 Å². The lowest BCUT2D eigenvalue weighted by Gasteiger charge is -2.52. The average Bonchev–Trinajstić information content (AvgIpc) is 3.50. The standard InChI is InChI=1S/C28H33ClF4N6O/c1-15-13-38(25-23-26(36-27(29)35-25)39(17(3)34-23)14-20-5-4-8-40-20)16(2)12-37(15)24(19-10-28(32,33)11-19)18-6-7-21(30)22(31)9-18/h6-7,9,15-16,19-20,24H,4-5,8,10-14H2,1-3H3/t15-,16+,20?,24?/m1/s1. The molecule has 2 aromatic heterocycles. The van der Waals surface area contributed by atoms with E-state index in [1.807, 2.05) is 25.3 Å². The van der Waals surface area contributed by atoms with Gasteiger partial charge in [-0.3, -0.25) is 4.90 Å². The van der Waals surface area contributed by atoms with Crippen LogP contribution in [0.3, 0.4) is 0 Å². The molecule has 4 heterocycles. The molecule has 0 N–H and O–H groups in total. The van der Waals surface area contributed by atoms with E-state index >= 15 is 0 Å². The number of hydrogen-bond donors (Lipinski definition) is 0. The Balaban J connectivity index is 1.31. The first-order valence-corrected chi connectivity index (χ1v) is 14.3. The number of benzene rings is 1. The van der Waals surface area contributed by atoms with E-state index < -0.39 is 23.6 Å². The van der Waals surface area contributed by atoms with Crippen LogP contribution in [-0.4, -0.2) is 68.2 Å². The third-order valence-corrected chi connectivity index (χ3v) is 8.84. The normalized spacial score (nSPS) is 26.4. The summed E-state index contributed by atoms with van der Waals surface area (Å²) in [7, 11) is 0. The zero-order chi connectivity index (χ0) is 28.3. The molecule has 6 rings (SSSR count). The van der Waals surface area contributed by atoms with E-state index in [0.29, 0.717) is 42.2 Å². The number of rotatable bonds is 6. The molecule has 4 atom stereocenters. The van der Waals surface area contributed by atoms with Crippen LogP contribution in [0.1, 0.15) is 57.0 Å². The van der Waals surface area contributed by atoms with Crippen LogP contribution in [0.25, 0.3) is 11.2 Å². The van der Waals surface area contributed by atoms with Crippen molar-refractivity contribution in [2.24, 2.45) is 5.92 Å². The van der Waals surface area contributed by atoms with Crippen LogP contribution in [0, 0.1) is 24.5 Å². The Kier molecular flexibility index (Phi) is 7.19. The van der Waals surface area contributed by atoms with Gasteiger partial charge in [-0.15, -0.1) is 0 Å². The van der Waals surface area contributed by atoms with Gasteiger partial charge in [0.25, 0.3) is 0 Å². The Morgan fingerprint density at radius 1 is 1.07 bits per heavy atom. The van der Waals surface area contributed by atoms with Crippen molar-refractivity contribution in [1.29, 1.82) is 0 Å². The molecule has 0 radical (unpaired) electrons. The zero-order valence-electron chi connectivity index (χ0n) is 22.8. The molecular weight excluding hydrogens is 548 g/mol. The number of halogens is 5. The molecule has 216 valence electrons. The number of aromatic nitrogens is 4. The minimum Gasteiger partial charge on any atom is -0.376 e. The molecule has 1 aromatic carbocycles. The van der Waals surface area contributed by atoms with Crippen LogP contribution >= 0.6 is 11.6 Å². The maximum absolute atomic E-state index is 14.3. The Morgan fingerprint density at radius 3 is 2.52 bits per heavy atom. The van der Waals surface area contributed by atoms with E-state index in [9.17, 15) is 17.6 Å². The topological polar surface area (TPSA) is 59.3 Å². The monoisotopic (exact) mass is 580 g/mol. The molecule has 1 aliphatic carbocycles. The van der Waals surface area contributed by atoms with Gasteiger partial charge in [-0.1, -0.05) is 6.07 Å². The van der Waals surface area contributed by atoms with Gasteiger partial charge in [0.1, 0.15) is 5.82 Å². The molecular formula is C28H33ClF4N6O. The van der Waals surface area contributed by atoms with Gasteiger partial charge in [0.2, 0.25) is 11.2 Å². The predicted octanol–water partition coefficient (Wildman–Crippen LogP) is 5.93. The van der Waals surface area contributed by atoms with Crippen LogP contribution in [0.15, 0.2) is 18.2 Å². The van der Waals surface area contributed by atoms with Crippen molar-refractivity contribution in [2.75, 3.05) is 24.6 Å². The number of piperazine rings is 1. The van der Waals surface area contributed by atoms with E-state index in [2.05, 4.69) is 19.8 Å². The Morgan fingerprint density at radius 2 is 1.85 bits per heavy atom. The number of fused-ring (bicyclic) bond motifs is 1. The minimum atomic E-state index is -2.73. The molecule has 7 nitrogen and oxygen atoms in total. The third-order valence-electron chi connectivity index (χ3n) is 8.67. The minimum absolute atomic E-state index is 0.0950. The highest BCUT2D eigenvalue weighted by atomic mass is 35.5. The third kappa shape index (κ3) is 5.05. The number of hydrogen-bond acceptors (Lipinski definition) is 6. The maximum Gasteiger partial charge on any atom is 0.248 e. The first-order valence-electron chi connectivity index (χ1n) is 13.9. The van der Waals surface area contributed by atoms with Gasteiger partial charge in [0.15, 0.2) is 28.6 Å². The molecule has 0 amide bonds. The summed E-state index contributed by atoms with van der Waals surface area (Å²) >= 11 is 6.44. The Bertz CT molecular complexity index is 1410. The summed E-state index contributed by atoms with van der Waals surface area (Å²) in [5.41, 5.74) is 1.83. The fraction of sp³-hybridized carbons (Fsp3) is 0.607. The van der Waals surface area contributed by atoms with Gasteiger partial charge in [-0.2, -0.15) is 9.97 Å². The smallest absolute Gasteiger partial charge is 0.248 e. The van der Waals surface area contributed by atoms with Crippen LogP contribution in [0.4, 0.5) is 23.4 Å². The lowest BCUT2D eigenvalue weighted by atomic mass is 9.73. The van der Waals surface area contributed by atoms with Crippen LogP contribution < -0.4 is 4.90 Å². The first-order chi connectivity index (χ1) is 19.0. The van der Waals surface area contributed by atoms with Gasteiger partial charge < -0.3 is 14.2 Å². The molecule has 0 spiro atoms. The van der Waals surface area contributed by atoms with Crippen molar-refractivity contribution >= 4 is 28.6 Å². The second kappa shape index (κ2) is 10.4. The fourth-order valence-electron chi connectivity index (χ4n) is 6.68. The number of imidazole rings is 1. The molecule has 40 heavy (non-hydrogen) atoms. The summed E-state index contributed by atoms with van der Waals surface area (Å²) in [6.07, 6.45) is 1.56. The van der Waals surface area contributed by atoms with Gasteiger partial charge in [0.05, 0.1) is 12.6 Å². The molecule has 3 aromatic rings. The van der Waals surface area contributed by atoms with Crippen LogP contribution in [0.5, 0.6) is 0 Å². The first kappa shape index (κ1) is 27.7. The van der Waals surface area contributed by atoms with Crippen LogP contribution in [-0.2, 0) is 11.3 Å². The number of anilines is 1. The average molecular weight is 581 g/mol. The molecule has 3 fully saturated rings. The van der Waals surface area contributed by atoms with Crippen LogP contribution in [0.2, 0.25) is 5.28 Å². The quantitative estimate of drug-likeness (QED) is 0.266. The van der Waals surface area contributed by atoms with E-state index in [1.165, 1.54) is 6.07 Å². The highest BCUT2D eigenvalue weighted by molar-refractivity contribution is 6.28. The summed E-state index contributed by atoms with van der Waals surface area (Å²) in [5, 5.41) is 0.120. The van der Waals surface area contributed by atoms with Crippen molar-refractivity contribution in [3.63, 3.8) is 0 Å². The Hall–Kier alpha value is -2.50. The molecule has 3 aliphatic rings. The summed E-state index contributed by atoms with van der Waals surface area (Å²) < 4.78 is 63.8. The molecule has 12 heteroatoms. The highest BCUT2D eigenvalue weighted by Crippen LogP contribution is 2.51. The summed E-state index contributed by atoms with van der Waals surface area (Å²) in [6.45, 7) is 8.39. The van der Waals surface area contributed by atoms with Gasteiger partial charge in [-0.05, 0) is 68.8 Å². The number of ether oxygens (including phenoxy) is 1. The largest absolute Gasteiger partial charge is 0.376 e. The summed E-state index contributed by atoms with van der Waals surface area (Å²) in [4.78, 5) is 18.2. The van der Waals surface area contributed by atoms with Crippen molar-refractivity contribution < 1.29 is 22.3 Å². The Labute approximate surface area is 235 Å². The second-order valence-corrected chi connectivity index (χ2v) is 11.9. The van der Waals surface area contributed by atoms with Crippen molar-refractivity contribution in [1.82, 2.24) is 24.4 Å². The lowest BCUT2D eigenvalue weighted by Crippen LogP contribution is -2.59. The van der Waals surface area contributed by atoms with Crippen molar-refractivity contribution in [3.8, 4) is 0 Å². The van der Waals surface area contributed by atoms with Crippen molar-refractivity contribution in [2.45, 2.75) is 83.2 Å². The van der Waals surface area contributed by atoms with E-state index in [-0.39, 0.29) is 42.2 Å². The second-order valence-electron chi connectivity index (χ2n) is 11.6. The number of nitrogens with zero attached hydrogens (tertiary/aromatic N) is 6. The zero-order valence-corrected chi connectivity index (χ0v) is 23.5. The van der Waals surface area contributed by atoms with Gasteiger partial charge in [-0.25, -0.2) is 22.5 Å². The summed E-state index contributed by atoms with van der Waals surface area (Å²) in [6, 6.07) is 3.08. The van der Waals surface area contributed by atoms with Gasteiger partial charge >= 0.3 is 0 Å². The van der Waals surface area contributed by atoms with E-state index in [4.69, 9.17) is 21.3 Å². The molecule has 0 bridgehead atoms. The predicted molar refractivity (Wildman–Crippen MR) is 144 cm³/mol. The number of aryl methyl sites for hydroxylation is 1. The molecule has 2 unspecified atom stereocenters. The van der Waals surface area contributed by atoms with E-state index in [1.54, 1.807) is 0 Å². The van der Waals surface area contributed by atoms with E-state index in [0.717, 1.165) is 37.4 Å². The number of alkyl halides is 2. The highest BCUT2D eigenvalue weighted by Gasteiger charge is 2.51. The molecule has 1 saturated carbocycles.